The van der Waals surface area contributed by atoms with Crippen LogP contribution >= 0.6 is 45.2 Å². The third-order valence-corrected chi connectivity index (χ3v) is 5.44. The minimum absolute atomic E-state index is 0.549. The lowest BCUT2D eigenvalue weighted by molar-refractivity contribution is 0.644. The Kier molecular flexibility index (Phi) is 5.09. The minimum Gasteiger partial charge on any atom is -0.0815 e. The molecule has 0 heterocycles. The molecule has 1 radical (unpaired) electrons. The van der Waals surface area contributed by atoms with Crippen LogP contribution in [0.3, 0.4) is 0 Å². The van der Waals surface area contributed by atoms with Gasteiger partial charge in [-0.25, -0.2) is 0 Å². The minimum atomic E-state index is 0.549. The fourth-order valence-electron chi connectivity index (χ4n) is 0.418. The second-order valence-corrected chi connectivity index (χ2v) is 5.24. The summed E-state index contributed by atoms with van der Waals surface area (Å²) < 4.78 is 1.27. The molecule has 0 fully saturated rings. The summed E-state index contributed by atoms with van der Waals surface area (Å²) in [6.45, 7) is 8.40. The van der Waals surface area contributed by atoms with Crippen LogP contribution in [0.15, 0.2) is 0 Å². The highest BCUT2D eigenvalue weighted by atomic mass is 127. The van der Waals surface area contributed by atoms with E-state index in [-0.39, 0.29) is 0 Å². The standard InChI is InChI=1S/C6H11I2/c1-4(2)6(8)5(3)7/h4-6H,3H2,1-2H3. The zero-order valence-electron chi connectivity index (χ0n) is 5.20. The average molecular weight is 337 g/mol. The van der Waals surface area contributed by atoms with Crippen molar-refractivity contribution in [1.82, 2.24) is 0 Å². The summed E-state index contributed by atoms with van der Waals surface area (Å²) in [5.41, 5.74) is 0. The molecule has 0 saturated carbocycles. The van der Waals surface area contributed by atoms with Crippen molar-refractivity contribution in [1.29, 1.82) is 0 Å². The van der Waals surface area contributed by atoms with Gasteiger partial charge in [0.1, 0.15) is 0 Å². The van der Waals surface area contributed by atoms with E-state index in [1.807, 2.05) is 0 Å². The third kappa shape index (κ3) is 3.48. The molecule has 0 aliphatic heterocycles. The molecule has 0 aliphatic carbocycles. The third-order valence-electron chi connectivity index (χ3n) is 0.982. The lowest BCUT2D eigenvalue weighted by Gasteiger charge is -2.15. The quantitative estimate of drug-likeness (QED) is 0.537. The highest BCUT2D eigenvalue weighted by molar-refractivity contribution is 14.1. The van der Waals surface area contributed by atoms with E-state index in [2.05, 4.69) is 66.0 Å². The first kappa shape index (κ1) is 9.46. The molecule has 0 aromatic rings. The van der Waals surface area contributed by atoms with Crippen molar-refractivity contribution in [2.75, 3.05) is 0 Å². The monoisotopic (exact) mass is 337 g/mol. The summed E-state index contributed by atoms with van der Waals surface area (Å²) in [7, 11) is 0. The summed E-state index contributed by atoms with van der Waals surface area (Å²) in [6.07, 6.45) is 0. The molecule has 49 valence electrons. The molecular formula is C6H11I2. The first-order valence-electron chi connectivity index (χ1n) is 2.67. The fraction of sp³-hybridized carbons (Fsp3) is 0.833. The van der Waals surface area contributed by atoms with Crippen molar-refractivity contribution in [3.8, 4) is 0 Å². The van der Waals surface area contributed by atoms with Crippen LogP contribution in [0, 0.1) is 12.8 Å². The number of rotatable bonds is 2. The molecule has 0 aromatic carbocycles. The largest absolute Gasteiger partial charge is 0.0815 e. The van der Waals surface area contributed by atoms with Crippen molar-refractivity contribution < 1.29 is 0 Å². The second-order valence-electron chi connectivity index (χ2n) is 2.20. The van der Waals surface area contributed by atoms with Crippen LogP contribution in [-0.4, -0.2) is 7.85 Å². The maximum atomic E-state index is 3.94. The molecule has 2 unspecified atom stereocenters. The predicted molar refractivity (Wildman–Crippen MR) is 55.8 cm³/mol. The average Bonchev–Trinajstić information content (AvgIpc) is 1.64. The zero-order valence-corrected chi connectivity index (χ0v) is 9.51. The normalized spacial score (nSPS) is 18.8. The van der Waals surface area contributed by atoms with Crippen molar-refractivity contribution in [2.24, 2.45) is 5.92 Å². The van der Waals surface area contributed by atoms with Crippen LogP contribution in [0.2, 0.25) is 0 Å². The van der Waals surface area contributed by atoms with E-state index in [1.54, 1.807) is 0 Å². The van der Waals surface area contributed by atoms with Crippen LogP contribution < -0.4 is 0 Å². The number of halogens is 2. The van der Waals surface area contributed by atoms with Gasteiger partial charge in [0, 0.05) is 7.85 Å². The fourth-order valence-corrected chi connectivity index (χ4v) is 1.25. The molecule has 0 rings (SSSR count). The number of hydrogen-bond acceptors (Lipinski definition) is 0. The summed E-state index contributed by atoms with van der Waals surface area (Å²) in [4.78, 5) is 0. The molecule has 0 aromatic heterocycles. The van der Waals surface area contributed by atoms with Gasteiger partial charge in [0.15, 0.2) is 0 Å². The van der Waals surface area contributed by atoms with Gasteiger partial charge >= 0.3 is 0 Å². The number of hydrogen-bond donors (Lipinski definition) is 0. The topological polar surface area (TPSA) is 0 Å². The Morgan fingerprint density at radius 1 is 1.25 bits per heavy atom. The van der Waals surface area contributed by atoms with Crippen molar-refractivity contribution in [3.05, 3.63) is 6.92 Å². The van der Waals surface area contributed by atoms with Crippen LogP contribution in [0.1, 0.15) is 13.8 Å². The van der Waals surface area contributed by atoms with Gasteiger partial charge in [-0.05, 0) is 12.8 Å². The van der Waals surface area contributed by atoms with Gasteiger partial charge in [-0.3, -0.25) is 0 Å². The van der Waals surface area contributed by atoms with Gasteiger partial charge < -0.3 is 0 Å². The Labute approximate surface area is 79.1 Å². The Morgan fingerprint density at radius 3 is 1.62 bits per heavy atom. The molecule has 2 atom stereocenters. The van der Waals surface area contributed by atoms with Crippen LogP contribution in [-0.2, 0) is 0 Å². The predicted octanol–water partition coefficient (Wildman–Crippen LogP) is 3.08. The zero-order chi connectivity index (χ0) is 6.73. The molecule has 0 spiro atoms. The van der Waals surface area contributed by atoms with Crippen molar-refractivity contribution in [3.63, 3.8) is 0 Å². The molecular weight excluding hydrogens is 326 g/mol. The van der Waals surface area contributed by atoms with E-state index >= 15 is 0 Å². The first-order chi connectivity index (χ1) is 3.55. The number of alkyl halides is 2. The van der Waals surface area contributed by atoms with Gasteiger partial charge in [0.05, 0.1) is 0 Å². The maximum absolute atomic E-state index is 3.94. The molecule has 0 amide bonds. The molecule has 0 N–H and O–H groups in total. The highest BCUT2D eigenvalue weighted by Crippen LogP contribution is 2.21. The van der Waals surface area contributed by atoms with Crippen molar-refractivity contribution in [2.45, 2.75) is 21.7 Å². The van der Waals surface area contributed by atoms with Crippen LogP contribution in [0.4, 0.5) is 0 Å². The molecule has 2 heteroatoms. The van der Waals surface area contributed by atoms with E-state index in [9.17, 15) is 0 Å². The Morgan fingerprint density at radius 2 is 1.62 bits per heavy atom. The smallest absolute Gasteiger partial charge is 0.0250 e. The second kappa shape index (κ2) is 4.30. The Hall–Kier alpha value is 1.46. The van der Waals surface area contributed by atoms with E-state index in [0.29, 0.717) is 7.85 Å². The van der Waals surface area contributed by atoms with Gasteiger partial charge in [0.2, 0.25) is 0 Å². The van der Waals surface area contributed by atoms with E-state index in [0.717, 1.165) is 5.92 Å². The summed E-state index contributed by atoms with van der Waals surface area (Å²) in [5, 5.41) is 0. The SMILES string of the molecule is [CH2]C(I)C(I)C(C)C. The molecule has 8 heavy (non-hydrogen) atoms. The maximum Gasteiger partial charge on any atom is 0.0250 e. The van der Waals surface area contributed by atoms with Crippen molar-refractivity contribution >= 4 is 45.2 Å². The van der Waals surface area contributed by atoms with Gasteiger partial charge in [-0.15, -0.1) is 0 Å². The molecule has 0 nitrogen and oxygen atoms in total. The summed E-state index contributed by atoms with van der Waals surface area (Å²) in [5.74, 6) is 0.759. The summed E-state index contributed by atoms with van der Waals surface area (Å²) >= 11 is 4.82. The molecule has 0 bridgehead atoms. The van der Waals surface area contributed by atoms with Crippen LogP contribution in [0.5, 0.6) is 0 Å². The Balaban J connectivity index is 3.46. The highest BCUT2D eigenvalue weighted by Gasteiger charge is 2.13. The summed E-state index contributed by atoms with van der Waals surface area (Å²) in [6, 6.07) is 0. The van der Waals surface area contributed by atoms with Gasteiger partial charge in [-0.1, -0.05) is 59.0 Å². The van der Waals surface area contributed by atoms with Gasteiger partial charge in [-0.2, -0.15) is 0 Å². The lowest BCUT2D eigenvalue weighted by atomic mass is 10.1. The van der Waals surface area contributed by atoms with E-state index < -0.39 is 0 Å². The molecule has 0 saturated heterocycles. The molecule has 0 aliphatic rings. The van der Waals surface area contributed by atoms with Gasteiger partial charge in [0.25, 0.3) is 0 Å². The van der Waals surface area contributed by atoms with E-state index in [1.165, 1.54) is 0 Å². The van der Waals surface area contributed by atoms with E-state index in [4.69, 9.17) is 0 Å². The van der Waals surface area contributed by atoms with Crippen LogP contribution in [0.25, 0.3) is 0 Å². The first-order valence-corrected chi connectivity index (χ1v) is 5.16. The lowest BCUT2D eigenvalue weighted by Crippen LogP contribution is -2.16. The Bertz CT molecular complexity index is 51.5.